The van der Waals surface area contributed by atoms with Crippen molar-refractivity contribution in [3.8, 4) is 11.5 Å². The van der Waals surface area contributed by atoms with E-state index < -0.39 is 0 Å². The van der Waals surface area contributed by atoms with Gasteiger partial charge in [0.15, 0.2) is 5.82 Å². The standard InChI is InChI=1S/C19H26N4O2/c1-13(16-9-6-10-20-12-16)11-17(24)21-14(2)18-22-19(25-23-18)15-7-4-3-5-8-15/h3-5,7-8,13-14,16,20H,6,9-12H2,1-2H3,(H,21,24). The second kappa shape index (κ2) is 8.25. The molecule has 0 radical (unpaired) electrons. The van der Waals surface area contributed by atoms with Crippen molar-refractivity contribution in [1.29, 1.82) is 0 Å². The van der Waals surface area contributed by atoms with Crippen LogP contribution in [-0.4, -0.2) is 29.1 Å². The molecule has 25 heavy (non-hydrogen) atoms. The van der Waals surface area contributed by atoms with E-state index in [-0.39, 0.29) is 11.9 Å². The van der Waals surface area contributed by atoms with E-state index in [9.17, 15) is 4.79 Å². The van der Waals surface area contributed by atoms with Crippen LogP contribution in [0.15, 0.2) is 34.9 Å². The summed E-state index contributed by atoms with van der Waals surface area (Å²) in [4.78, 5) is 16.7. The van der Waals surface area contributed by atoms with E-state index in [1.165, 1.54) is 12.8 Å². The lowest BCUT2D eigenvalue weighted by Gasteiger charge is -2.28. The summed E-state index contributed by atoms with van der Waals surface area (Å²) >= 11 is 0. The van der Waals surface area contributed by atoms with Crippen LogP contribution in [0.1, 0.15) is 45.0 Å². The first-order valence-electron chi connectivity index (χ1n) is 9.02. The molecule has 0 spiro atoms. The first-order chi connectivity index (χ1) is 12.1. The molecular formula is C19H26N4O2. The van der Waals surface area contributed by atoms with Crippen molar-refractivity contribution in [2.75, 3.05) is 13.1 Å². The molecular weight excluding hydrogens is 316 g/mol. The van der Waals surface area contributed by atoms with Gasteiger partial charge in [-0.2, -0.15) is 4.98 Å². The fourth-order valence-electron chi connectivity index (χ4n) is 3.30. The van der Waals surface area contributed by atoms with Gasteiger partial charge in [-0.15, -0.1) is 0 Å². The molecule has 134 valence electrons. The van der Waals surface area contributed by atoms with Gasteiger partial charge < -0.3 is 15.2 Å². The number of amides is 1. The lowest BCUT2D eigenvalue weighted by Crippen LogP contribution is -2.36. The van der Waals surface area contributed by atoms with Gasteiger partial charge in [-0.25, -0.2) is 0 Å². The molecule has 2 aromatic rings. The largest absolute Gasteiger partial charge is 0.346 e. The van der Waals surface area contributed by atoms with Gasteiger partial charge in [-0.3, -0.25) is 4.79 Å². The van der Waals surface area contributed by atoms with Gasteiger partial charge in [-0.05, 0) is 56.8 Å². The van der Waals surface area contributed by atoms with Gasteiger partial charge in [0, 0.05) is 12.0 Å². The summed E-state index contributed by atoms with van der Waals surface area (Å²) in [6.07, 6.45) is 2.92. The van der Waals surface area contributed by atoms with E-state index in [1.54, 1.807) is 0 Å². The second-order valence-electron chi connectivity index (χ2n) is 6.90. The van der Waals surface area contributed by atoms with Crippen molar-refractivity contribution >= 4 is 5.91 Å². The summed E-state index contributed by atoms with van der Waals surface area (Å²) in [5, 5.41) is 10.4. The normalized spacial score (nSPS) is 20.0. The smallest absolute Gasteiger partial charge is 0.257 e. The fraction of sp³-hybridized carbons (Fsp3) is 0.526. The van der Waals surface area contributed by atoms with Crippen LogP contribution in [0.5, 0.6) is 0 Å². The number of benzene rings is 1. The Kier molecular flexibility index (Phi) is 5.81. The number of rotatable bonds is 6. The molecule has 6 heteroatoms. The van der Waals surface area contributed by atoms with E-state index in [2.05, 4.69) is 27.7 Å². The van der Waals surface area contributed by atoms with E-state index in [0.29, 0.717) is 30.0 Å². The van der Waals surface area contributed by atoms with Crippen LogP contribution in [0.4, 0.5) is 0 Å². The zero-order valence-corrected chi connectivity index (χ0v) is 14.9. The lowest BCUT2D eigenvalue weighted by atomic mass is 9.85. The molecule has 1 amide bonds. The van der Waals surface area contributed by atoms with E-state index in [0.717, 1.165) is 18.7 Å². The highest BCUT2D eigenvalue weighted by molar-refractivity contribution is 5.76. The maximum Gasteiger partial charge on any atom is 0.257 e. The highest BCUT2D eigenvalue weighted by atomic mass is 16.5. The molecule has 0 aliphatic carbocycles. The molecule has 6 nitrogen and oxygen atoms in total. The number of carbonyl (C=O) groups is 1. The zero-order valence-electron chi connectivity index (χ0n) is 14.9. The summed E-state index contributed by atoms with van der Waals surface area (Å²) < 4.78 is 5.31. The summed E-state index contributed by atoms with van der Waals surface area (Å²) in [6, 6.07) is 9.34. The quantitative estimate of drug-likeness (QED) is 0.844. The summed E-state index contributed by atoms with van der Waals surface area (Å²) in [5.41, 5.74) is 0.873. The number of hydrogen-bond donors (Lipinski definition) is 2. The summed E-state index contributed by atoms with van der Waals surface area (Å²) in [6.45, 7) is 6.14. The van der Waals surface area contributed by atoms with Gasteiger partial charge >= 0.3 is 0 Å². The molecule has 3 atom stereocenters. The van der Waals surface area contributed by atoms with Crippen LogP contribution in [-0.2, 0) is 4.79 Å². The van der Waals surface area contributed by atoms with Crippen LogP contribution < -0.4 is 10.6 Å². The monoisotopic (exact) mass is 342 g/mol. The van der Waals surface area contributed by atoms with Crippen molar-refractivity contribution in [3.63, 3.8) is 0 Å². The van der Waals surface area contributed by atoms with Crippen LogP contribution >= 0.6 is 0 Å². The van der Waals surface area contributed by atoms with Crippen LogP contribution in [0.3, 0.4) is 0 Å². The Labute approximate surface area is 148 Å². The second-order valence-corrected chi connectivity index (χ2v) is 6.90. The van der Waals surface area contributed by atoms with E-state index in [4.69, 9.17) is 4.52 Å². The van der Waals surface area contributed by atoms with Crippen molar-refractivity contribution in [2.45, 2.75) is 39.2 Å². The highest BCUT2D eigenvalue weighted by Crippen LogP contribution is 2.23. The number of piperidine rings is 1. The van der Waals surface area contributed by atoms with Crippen molar-refractivity contribution in [1.82, 2.24) is 20.8 Å². The minimum Gasteiger partial charge on any atom is -0.346 e. The Morgan fingerprint density at radius 3 is 2.88 bits per heavy atom. The van der Waals surface area contributed by atoms with Gasteiger partial charge in [0.25, 0.3) is 5.89 Å². The molecule has 0 bridgehead atoms. The third-order valence-electron chi connectivity index (χ3n) is 4.87. The van der Waals surface area contributed by atoms with Crippen molar-refractivity contribution in [3.05, 3.63) is 36.2 Å². The zero-order chi connectivity index (χ0) is 17.6. The molecule has 1 saturated heterocycles. The SMILES string of the molecule is CC(NC(=O)CC(C)C1CCCNC1)c1noc(-c2ccccc2)n1. The number of carbonyl (C=O) groups excluding carboxylic acids is 1. The molecule has 2 N–H and O–H groups in total. The van der Waals surface area contributed by atoms with Gasteiger partial charge in [-0.1, -0.05) is 30.3 Å². The maximum absolute atomic E-state index is 12.3. The number of nitrogens with one attached hydrogen (secondary N) is 2. The molecule has 2 heterocycles. The van der Waals surface area contributed by atoms with Crippen molar-refractivity contribution in [2.24, 2.45) is 11.8 Å². The van der Waals surface area contributed by atoms with Gasteiger partial charge in [0.2, 0.25) is 5.91 Å². The summed E-state index contributed by atoms with van der Waals surface area (Å²) in [7, 11) is 0. The number of aromatic nitrogens is 2. The molecule has 1 fully saturated rings. The Morgan fingerprint density at radius 2 is 2.16 bits per heavy atom. The van der Waals surface area contributed by atoms with Crippen LogP contribution in [0, 0.1) is 11.8 Å². The lowest BCUT2D eigenvalue weighted by molar-refractivity contribution is -0.123. The third kappa shape index (κ3) is 4.66. The average molecular weight is 342 g/mol. The highest BCUT2D eigenvalue weighted by Gasteiger charge is 2.23. The Morgan fingerprint density at radius 1 is 1.36 bits per heavy atom. The number of nitrogens with zero attached hydrogens (tertiary/aromatic N) is 2. The van der Waals surface area contributed by atoms with Crippen molar-refractivity contribution < 1.29 is 9.32 Å². The molecule has 3 unspecified atom stereocenters. The van der Waals surface area contributed by atoms with E-state index >= 15 is 0 Å². The Hall–Kier alpha value is -2.21. The van der Waals surface area contributed by atoms with Crippen LogP contribution in [0.2, 0.25) is 0 Å². The number of hydrogen-bond acceptors (Lipinski definition) is 5. The molecule has 1 aromatic carbocycles. The first-order valence-corrected chi connectivity index (χ1v) is 9.02. The van der Waals surface area contributed by atoms with Gasteiger partial charge in [0.05, 0.1) is 6.04 Å². The van der Waals surface area contributed by atoms with E-state index in [1.807, 2.05) is 37.3 Å². The minimum absolute atomic E-state index is 0.0386. The topological polar surface area (TPSA) is 80.0 Å². The Bertz CT molecular complexity index is 680. The predicted molar refractivity (Wildman–Crippen MR) is 95.7 cm³/mol. The first kappa shape index (κ1) is 17.6. The molecule has 3 rings (SSSR count). The Balaban J connectivity index is 1.54. The molecule has 1 aliphatic heterocycles. The minimum atomic E-state index is -0.273. The van der Waals surface area contributed by atoms with Gasteiger partial charge in [0.1, 0.15) is 0 Å². The molecule has 1 aliphatic rings. The molecule has 0 saturated carbocycles. The third-order valence-corrected chi connectivity index (χ3v) is 4.87. The van der Waals surface area contributed by atoms with Crippen LogP contribution in [0.25, 0.3) is 11.5 Å². The predicted octanol–water partition coefficient (Wildman–Crippen LogP) is 2.94. The molecule has 1 aromatic heterocycles. The maximum atomic E-state index is 12.3. The summed E-state index contributed by atoms with van der Waals surface area (Å²) in [5.74, 6) is 1.95. The average Bonchev–Trinajstić information content (AvgIpc) is 3.13. The fourth-order valence-corrected chi connectivity index (χ4v) is 3.30.